The highest BCUT2D eigenvalue weighted by atomic mass is 31.1. The first-order chi connectivity index (χ1) is 15.3. The number of halogens is 1. The number of aryl methyl sites for hydroxylation is 2. The van der Waals surface area contributed by atoms with Gasteiger partial charge in [-0.2, -0.15) is 0 Å². The normalized spacial score (nSPS) is 13.4. The van der Waals surface area contributed by atoms with Crippen molar-refractivity contribution in [2.24, 2.45) is 5.73 Å². The van der Waals surface area contributed by atoms with E-state index in [0.29, 0.717) is 35.1 Å². The summed E-state index contributed by atoms with van der Waals surface area (Å²) in [5.41, 5.74) is 9.08. The van der Waals surface area contributed by atoms with E-state index in [9.17, 15) is 18.9 Å². The maximum Gasteiger partial charge on any atom is 0.193 e. The Morgan fingerprint density at radius 3 is 2.31 bits per heavy atom. The fraction of sp³-hybridized carbons (Fsp3) is 0.240. The zero-order chi connectivity index (χ0) is 23.1. The van der Waals surface area contributed by atoms with Crippen molar-refractivity contribution in [3.05, 3.63) is 94.8 Å². The van der Waals surface area contributed by atoms with Gasteiger partial charge in [0.05, 0.1) is 18.8 Å². The van der Waals surface area contributed by atoms with Crippen LogP contribution in [0.15, 0.2) is 66.7 Å². The maximum absolute atomic E-state index is 14.8. The van der Waals surface area contributed by atoms with Crippen LogP contribution in [0.1, 0.15) is 33.5 Å². The molecule has 0 aromatic heterocycles. The summed E-state index contributed by atoms with van der Waals surface area (Å²) < 4.78 is 30.3. The molecule has 2 unspecified atom stereocenters. The molecule has 3 aromatic carbocycles. The third-order valence-electron chi connectivity index (χ3n) is 5.48. The third-order valence-corrected chi connectivity index (χ3v) is 5.78. The largest absolute Gasteiger partial charge is 0.394 e. The molecule has 0 aliphatic rings. The quantitative estimate of drug-likeness (QED) is 0.351. The molecule has 0 saturated carbocycles. The van der Waals surface area contributed by atoms with Crippen LogP contribution in [0.4, 0.5) is 4.39 Å². The van der Waals surface area contributed by atoms with Crippen LogP contribution in [0.5, 0.6) is 0 Å². The van der Waals surface area contributed by atoms with Gasteiger partial charge in [-0.15, -0.1) is 0 Å². The van der Waals surface area contributed by atoms with Gasteiger partial charge in [-0.05, 0) is 37.0 Å². The van der Waals surface area contributed by atoms with Crippen molar-refractivity contribution in [2.75, 3.05) is 13.2 Å². The average Bonchev–Trinajstić information content (AvgIpc) is 2.82. The van der Waals surface area contributed by atoms with Crippen LogP contribution in [0.3, 0.4) is 0 Å². The summed E-state index contributed by atoms with van der Waals surface area (Å²) in [5, 5.41) is 9.50. The summed E-state index contributed by atoms with van der Waals surface area (Å²) in [6, 6.07) is 19.1. The van der Waals surface area contributed by atoms with Gasteiger partial charge in [0.2, 0.25) is 0 Å². The van der Waals surface area contributed by atoms with Crippen molar-refractivity contribution in [3.8, 4) is 11.1 Å². The molecule has 0 heterocycles. The van der Waals surface area contributed by atoms with E-state index >= 15 is 0 Å². The van der Waals surface area contributed by atoms with Crippen molar-refractivity contribution in [1.29, 1.82) is 0 Å². The van der Waals surface area contributed by atoms with Crippen LogP contribution in [0.25, 0.3) is 11.1 Å². The lowest BCUT2D eigenvalue weighted by atomic mass is 9.93. The molecular formula is C25H27FNO4P. The molecule has 2 atom stereocenters. The highest BCUT2D eigenvalue weighted by Gasteiger charge is 2.24. The van der Waals surface area contributed by atoms with Gasteiger partial charge >= 0.3 is 0 Å². The van der Waals surface area contributed by atoms with Crippen molar-refractivity contribution in [3.63, 3.8) is 0 Å². The second-order valence-electron chi connectivity index (χ2n) is 8.01. The highest BCUT2D eigenvalue weighted by Crippen LogP contribution is 2.26. The molecule has 7 heteroatoms. The Bertz CT molecular complexity index is 1090. The lowest BCUT2D eigenvalue weighted by molar-refractivity contribution is 0.103. The summed E-state index contributed by atoms with van der Waals surface area (Å²) in [6.45, 7) is 1.69. The van der Waals surface area contributed by atoms with E-state index < -0.39 is 20.0 Å². The molecule has 0 radical (unpaired) electrons. The van der Waals surface area contributed by atoms with E-state index in [1.165, 1.54) is 6.07 Å². The molecule has 0 fully saturated rings. The molecule has 32 heavy (non-hydrogen) atoms. The minimum Gasteiger partial charge on any atom is -0.394 e. The van der Waals surface area contributed by atoms with Crippen LogP contribution in [0, 0.1) is 12.7 Å². The molecule has 5 nitrogen and oxygen atoms in total. The fourth-order valence-corrected chi connectivity index (χ4v) is 3.80. The number of ketones is 1. The van der Waals surface area contributed by atoms with E-state index in [4.69, 9.17) is 10.3 Å². The number of rotatable bonds is 10. The number of nitrogens with two attached hydrogens (primary N) is 1. The number of aliphatic hydroxyl groups excluding tert-OH is 1. The van der Waals surface area contributed by atoms with Crippen LogP contribution < -0.4 is 5.73 Å². The monoisotopic (exact) mass is 455 g/mol. The Labute approximate surface area is 188 Å². The van der Waals surface area contributed by atoms with Gasteiger partial charge in [-0.25, -0.2) is 4.39 Å². The summed E-state index contributed by atoms with van der Waals surface area (Å²) in [6.07, 6.45) is 1.04. The molecule has 0 saturated heterocycles. The lowest BCUT2D eigenvalue weighted by Gasteiger charge is -2.25. The van der Waals surface area contributed by atoms with Gasteiger partial charge < -0.3 is 15.4 Å². The molecule has 3 aromatic rings. The van der Waals surface area contributed by atoms with Crippen LogP contribution in [-0.4, -0.2) is 29.6 Å². The third kappa shape index (κ3) is 5.99. The first kappa shape index (κ1) is 24.0. The van der Waals surface area contributed by atoms with E-state index in [2.05, 4.69) is 0 Å². The van der Waals surface area contributed by atoms with E-state index in [1.54, 1.807) is 24.3 Å². The number of hydrogen-bond acceptors (Lipinski definition) is 5. The predicted molar refractivity (Wildman–Crippen MR) is 125 cm³/mol. The Morgan fingerprint density at radius 2 is 1.72 bits per heavy atom. The molecule has 0 aliphatic carbocycles. The first-order valence-corrected chi connectivity index (χ1v) is 11.2. The van der Waals surface area contributed by atoms with Gasteiger partial charge in [0.25, 0.3) is 0 Å². The highest BCUT2D eigenvalue weighted by molar-refractivity contribution is 7.17. The van der Waals surface area contributed by atoms with Crippen molar-refractivity contribution >= 4 is 14.5 Å². The maximum atomic E-state index is 14.8. The number of carbonyl (C=O) groups excluding carboxylic acids is 1. The standard InChI is InChI=1S/C25H27FNO4P/c1-17-2-6-20(7-3-17)24(29)21-10-11-22(23(26)14-21)19-8-4-18(5-9-19)12-13-25(27,15-28)16-31-32-30/h2-11,14,28H,12-13,15-16,27,32H2,1H3. The Kier molecular flexibility index (Phi) is 8.10. The molecule has 168 valence electrons. The second-order valence-corrected chi connectivity index (χ2v) is 8.54. The smallest absolute Gasteiger partial charge is 0.193 e. The van der Waals surface area contributed by atoms with E-state index in [1.807, 2.05) is 43.3 Å². The van der Waals surface area contributed by atoms with Crippen molar-refractivity contribution in [2.45, 2.75) is 25.3 Å². The van der Waals surface area contributed by atoms with Crippen LogP contribution >= 0.6 is 8.69 Å². The van der Waals surface area contributed by atoms with Crippen molar-refractivity contribution < 1.29 is 23.4 Å². The predicted octanol–water partition coefficient (Wildman–Crippen LogP) is 4.34. The number of aliphatic hydroxyl groups is 1. The summed E-state index contributed by atoms with van der Waals surface area (Å²) >= 11 is 0. The first-order valence-electron chi connectivity index (χ1n) is 10.3. The minimum absolute atomic E-state index is 0.0271. The molecule has 0 amide bonds. The fourth-order valence-electron chi connectivity index (χ4n) is 3.40. The van der Waals surface area contributed by atoms with Crippen LogP contribution in [-0.2, 0) is 15.5 Å². The average molecular weight is 455 g/mol. The molecule has 3 rings (SSSR count). The second kappa shape index (κ2) is 10.8. The molecule has 3 N–H and O–H groups in total. The Balaban J connectivity index is 1.71. The molecule has 0 aliphatic heterocycles. The number of hydrogen-bond donors (Lipinski definition) is 2. The minimum atomic E-state index is -1.37. The Morgan fingerprint density at radius 1 is 1.06 bits per heavy atom. The molecular weight excluding hydrogens is 428 g/mol. The van der Waals surface area contributed by atoms with Gasteiger partial charge in [-0.3, -0.25) is 9.36 Å². The lowest BCUT2D eigenvalue weighted by Crippen LogP contribution is -2.47. The van der Waals surface area contributed by atoms with Gasteiger partial charge in [0.1, 0.15) is 5.82 Å². The molecule has 0 bridgehead atoms. The van der Waals surface area contributed by atoms with E-state index in [-0.39, 0.29) is 19.0 Å². The Hall–Kier alpha value is -2.63. The van der Waals surface area contributed by atoms with Crippen molar-refractivity contribution in [1.82, 2.24) is 0 Å². The summed E-state index contributed by atoms with van der Waals surface area (Å²) in [7, 11) is -1.37. The summed E-state index contributed by atoms with van der Waals surface area (Å²) in [5.74, 6) is -0.684. The molecule has 0 spiro atoms. The zero-order valence-electron chi connectivity index (χ0n) is 17.9. The van der Waals surface area contributed by atoms with Gasteiger partial charge in [0, 0.05) is 16.7 Å². The van der Waals surface area contributed by atoms with Crippen LogP contribution in [0.2, 0.25) is 0 Å². The van der Waals surface area contributed by atoms with Gasteiger partial charge in [-0.1, -0.05) is 66.2 Å². The van der Waals surface area contributed by atoms with E-state index in [0.717, 1.165) is 11.1 Å². The van der Waals surface area contributed by atoms with Gasteiger partial charge in [0.15, 0.2) is 14.5 Å². The number of benzene rings is 3. The number of carbonyl (C=O) groups is 1. The zero-order valence-corrected chi connectivity index (χ0v) is 19.0. The topological polar surface area (TPSA) is 89.6 Å². The SMILES string of the molecule is Cc1ccc(C(=O)c2ccc(-c3ccc(CCC(N)(CO)CO[PH2]=O)cc3)c(F)c2)cc1. The summed E-state index contributed by atoms with van der Waals surface area (Å²) in [4.78, 5) is 12.6.